The van der Waals surface area contributed by atoms with E-state index >= 15 is 0 Å². The van der Waals surface area contributed by atoms with Crippen molar-refractivity contribution in [3.8, 4) is 6.07 Å². The molecule has 0 aromatic carbocycles. The van der Waals surface area contributed by atoms with Crippen LogP contribution in [0.5, 0.6) is 0 Å². The van der Waals surface area contributed by atoms with E-state index in [4.69, 9.17) is 10.00 Å². The lowest BCUT2D eigenvalue weighted by molar-refractivity contribution is 0.0583. The smallest absolute Gasteiger partial charge is 0.154 e. The average Bonchev–Trinajstić information content (AvgIpc) is 3.28. The number of aliphatic imine (C=N–C) groups is 2. The fourth-order valence-electron chi connectivity index (χ4n) is 4.26. The van der Waals surface area contributed by atoms with Gasteiger partial charge in [0.25, 0.3) is 0 Å². The Kier molecular flexibility index (Phi) is 4.41. The molecule has 1 N–H and O–H groups in total. The Hall–Kier alpha value is -2.39. The van der Waals surface area contributed by atoms with Crippen LogP contribution in [0.2, 0.25) is 0 Å². The minimum atomic E-state index is 0.246. The molecule has 3 aliphatic rings. The standard InChI is InChI=1S/C19H23N5O/c1-2-13-10-14(25-9-3-6-20)11-15(13)16-4-7-21-18-12-23-19-17(24(16)18)5-8-22-19/h4-5,8,12-15,22H,2-3,7,9-11H2,1H3/t13-,14+,15+/m1/s1. The Balaban J connectivity index is 1.57. The predicted octanol–water partition coefficient (Wildman–Crippen LogP) is 3.57. The quantitative estimate of drug-likeness (QED) is 0.835. The molecule has 3 atom stereocenters. The minimum Gasteiger partial charge on any atom is -0.377 e. The highest BCUT2D eigenvalue weighted by molar-refractivity contribution is 6.39. The predicted molar refractivity (Wildman–Crippen MR) is 98.3 cm³/mol. The van der Waals surface area contributed by atoms with Gasteiger partial charge in [-0.25, -0.2) is 4.99 Å². The first-order chi connectivity index (χ1) is 12.3. The molecule has 1 aromatic rings. The van der Waals surface area contributed by atoms with Crippen molar-refractivity contribution in [2.24, 2.45) is 21.8 Å². The van der Waals surface area contributed by atoms with Crippen LogP contribution in [0.3, 0.4) is 0 Å². The highest BCUT2D eigenvalue weighted by Crippen LogP contribution is 2.45. The molecule has 1 saturated carbocycles. The third-order valence-corrected chi connectivity index (χ3v) is 5.42. The fraction of sp³-hybridized carbons (Fsp3) is 0.526. The van der Waals surface area contributed by atoms with Crippen LogP contribution < -0.4 is 4.90 Å². The first-order valence-corrected chi connectivity index (χ1v) is 9.06. The lowest BCUT2D eigenvalue weighted by atomic mass is 9.89. The Morgan fingerprint density at radius 2 is 2.36 bits per heavy atom. The molecule has 6 heteroatoms. The number of nitrogens with zero attached hydrogens (tertiary/aromatic N) is 4. The van der Waals surface area contributed by atoms with Crippen LogP contribution in [0.1, 0.15) is 32.6 Å². The number of aromatic nitrogens is 1. The van der Waals surface area contributed by atoms with Crippen molar-refractivity contribution in [3.05, 3.63) is 24.0 Å². The molecule has 0 radical (unpaired) electrons. The van der Waals surface area contributed by atoms with Gasteiger partial charge >= 0.3 is 0 Å². The summed E-state index contributed by atoms with van der Waals surface area (Å²) in [6.45, 7) is 3.50. The van der Waals surface area contributed by atoms with Gasteiger partial charge in [0, 0.05) is 17.8 Å². The number of hydrogen-bond acceptors (Lipinski definition) is 5. The van der Waals surface area contributed by atoms with E-state index in [1.807, 2.05) is 12.4 Å². The number of nitriles is 1. The van der Waals surface area contributed by atoms with Crippen molar-refractivity contribution >= 4 is 23.6 Å². The van der Waals surface area contributed by atoms with Crippen molar-refractivity contribution in [2.45, 2.75) is 38.7 Å². The second-order valence-corrected chi connectivity index (χ2v) is 6.78. The van der Waals surface area contributed by atoms with E-state index in [2.05, 4.69) is 45.0 Å². The maximum Gasteiger partial charge on any atom is 0.154 e. The van der Waals surface area contributed by atoms with Gasteiger partial charge in [0.1, 0.15) is 0 Å². The zero-order chi connectivity index (χ0) is 17.2. The molecule has 0 saturated heterocycles. The van der Waals surface area contributed by atoms with Crippen LogP contribution in [-0.4, -0.2) is 36.3 Å². The van der Waals surface area contributed by atoms with E-state index in [0.29, 0.717) is 31.4 Å². The summed E-state index contributed by atoms with van der Waals surface area (Å²) in [5.74, 6) is 2.86. The van der Waals surface area contributed by atoms with E-state index in [1.165, 1.54) is 5.70 Å². The molecule has 0 unspecified atom stereocenters. The molecule has 1 fully saturated rings. The van der Waals surface area contributed by atoms with Gasteiger partial charge < -0.3 is 9.72 Å². The van der Waals surface area contributed by atoms with Gasteiger partial charge in [-0.2, -0.15) is 5.26 Å². The maximum atomic E-state index is 8.72. The largest absolute Gasteiger partial charge is 0.377 e. The third kappa shape index (κ3) is 2.89. The van der Waals surface area contributed by atoms with Crippen LogP contribution >= 0.6 is 0 Å². The molecule has 25 heavy (non-hydrogen) atoms. The Morgan fingerprint density at radius 3 is 3.20 bits per heavy atom. The number of rotatable bonds is 5. The van der Waals surface area contributed by atoms with E-state index in [1.54, 1.807) is 0 Å². The average molecular weight is 337 g/mol. The summed E-state index contributed by atoms with van der Waals surface area (Å²) in [7, 11) is 0. The normalized spacial score (nSPS) is 27.4. The van der Waals surface area contributed by atoms with Crippen molar-refractivity contribution in [1.29, 1.82) is 5.26 Å². The van der Waals surface area contributed by atoms with Crippen LogP contribution in [0, 0.1) is 23.2 Å². The lowest BCUT2D eigenvalue weighted by Gasteiger charge is -2.36. The molecule has 0 bridgehead atoms. The molecule has 2 aliphatic heterocycles. The van der Waals surface area contributed by atoms with Crippen LogP contribution in [0.25, 0.3) is 0 Å². The van der Waals surface area contributed by atoms with Crippen molar-refractivity contribution in [1.82, 2.24) is 4.98 Å². The molecule has 6 nitrogen and oxygen atoms in total. The molecule has 3 heterocycles. The Labute approximate surface area is 147 Å². The SMILES string of the molecule is CC[C@@H]1C[C@H](OCCC#N)C[C@@H]1C1=CCN=C2C=Nc3[nH]ccc3N12. The molecule has 0 amide bonds. The number of amidine groups is 1. The number of aromatic amines is 1. The van der Waals surface area contributed by atoms with Gasteiger partial charge in [0.15, 0.2) is 11.7 Å². The summed E-state index contributed by atoms with van der Waals surface area (Å²) in [5.41, 5.74) is 2.41. The van der Waals surface area contributed by atoms with Gasteiger partial charge in [-0.15, -0.1) is 0 Å². The molecule has 130 valence electrons. The van der Waals surface area contributed by atoms with Gasteiger partial charge in [0.05, 0.1) is 43.6 Å². The van der Waals surface area contributed by atoms with E-state index < -0.39 is 0 Å². The van der Waals surface area contributed by atoms with Gasteiger partial charge in [0.2, 0.25) is 0 Å². The molecule has 1 aromatic heterocycles. The number of H-pyrrole nitrogens is 1. The summed E-state index contributed by atoms with van der Waals surface area (Å²) in [6, 6.07) is 4.23. The Morgan fingerprint density at radius 1 is 1.44 bits per heavy atom. The topological polar surface area (TPSA) is 76.8 Å². The van der Waals surface area contributed by atoms with Crippen molar-refractivity contribution in [3.63, 3.8) is 0 Å². The molecular weight excluding hydrogens is 314 g/mol. The number of ether oxygens (including phenoxy) is 1. The van der Waals surface area contributed by atoms with Gasteiger partial charge in [-0.05, 0) is 30.9 Å². The second kappa shape index (κ2) is 6.85. The zero-order valence-corrected chi connectivity index (χ0v) is 14.5. The monoisotopic (exact) mass is 337 g/mol. The highest BCUT2D eigenvalue weighted by Gasteiger charge is 2.40. The summed E-state index contributed by atoms with van der Waals surface area (Å²) in [5, 5.41) is 8.72. The van der Waals surface area contributed by atoms with E-state index in [-0.39, 0.29) is 6.10 Å². The van der Waals surface area contributed by atoms with Crippen molar-refractivity contribution < 1.29 is 4.74 Å². The number of hydrogen-bond donors (Lipinski definition) is 1. The summed E-state index contributed by atoms with van der Waals surface area (Å²) >= 11 is 0. The van der Waals surface area contributed by atoms with Crippen molar-refractivity contribution in [2.75, 3.05) is 18.1 Å². The molecule has 4 rings (SSSR count). The number of nitrogens with one attached hydrogen (secondary N) is 1. The summed E-state index contributed by atoms with van der Waals surface area (Å²) in [4.78, 5) is 14.5. The summed E-state index contributed by atoms with van der Waals surface area (Å²) in [6.07, 6.45) is 9.95. The molecular formula is C19H23N5O. The summed E-state index contributed by atoms with van der Waals surface area (Å²) < 4.78 is 5.96. The third-order valence-electron chi connectivity index (χ3n) is 5.42. The maximum absolute atomic E-state index is 8.72. The number of allylic oxidation sites excluding steroid dienone is 1. The highest BCUT2D eigenvalue weighted by atomic mass is 16.5. The number of fused-ring (bicyclic) bond motifs is 3. The first kappa shape index (κ1) is 16.1. The fourth-order valence-corrected chi connectivity index (χ4v) is 4.26. The Bertz CT molecular complexity index is 769. The van der Waals surface area contributed by atoms with E-state index in [9.17, 15) is 0 Å². The second-order valence-electron chi connectivity index (χ2n) is 6.78. The van der Waals surface area contributed by atoms with Crippen LogP contribution in [0.15, 0.2) is 34.0 Å². The molecule has 1 aliphatic carbocycles. The van der Waals surface area contributed by atoms with Crippen LogP contribution in [-0.2, 0) is 4.74 Å². The van der Waals surface area contributed by atoms with E-state index in [0.717, 1.165) is 36.6 Å². The lowest BCUT2D eigenvalue weighted by Crippen LogP contribution is -2.39. The first-order valence-electron chi connectivity index (χ1n) is 9.06. The van der Waals surface area contributed by atoms with Gasteiger partial charge in [-0.3, -0.25) is 9.89 Å². The van der Waals surface area contributed by atoms with Crippen LogP contribution in [0.4, 0.5) is 11.5 Å². The minimum absolute atomic E-state index is 0.246. The zero-order valence-electron chi connectivity index (χ0n) is 14.5. The number of anilines is 1. The van der Waals surface area contributed by atoms with Gasteiger partial charge in [-0.1, -0.05) is 13.3 Å². The molecule has 0 spiro atoms.